The van der Waals surface area contributed by atoms with Gasteiger partial charge in [-0.05, 0) is 90.3 Å². The Morgan fingerprint density at radius 2 is 1.50 bits per heavy atom. The number of hydrogen-bond donors (Lipinski definition) is 0. The minimum Gasteiger partial charge on any atom is -0.493 e. The van der Waals surface area contributed by atoms with E-state index in [0.717, 1.165) is 23.3 Å². The molecule has 0 N–H and O–H groups in total. The van der Waals surface area contributed by atoms with Gasteiger partial charge in [-0.3, -0.25) is 0 Å². The minimum absolute atomic E-state index is 0.0137. The summed E-state index contributed by atoms with van der Waals surface area (Å²) in [5.41, 5.74) is 1.61. The lowest BCUT2D eigenvalue weighted by Gasteiger charge is -2.23. The standard InChI is InChI=1S/C29H27ClFNO5S/c1-35-28-15-6-21(19-29(28)36-2)16-17-32(38(33,34)27-13-9-24(31)10-14-27)20-22-4-3-5-26(18-22)37-25-11-7-23(30)8-12-25/h3-15,18-19H,16-17,20H2,1-2H3. The van der Waals surface area contributed by atoms with Crippen LogP contribution in [-0.4, -0.2) is 33.5 Å². The fraction of sp³-hybridized carbons (Fsp3) is 0.172. The minimum atomic E-state index is -3.94. The molecule has 0 fully saturated rings. The van der Waals surface area contributed by atoms with Gasteiger partial charge in [0, 0.05) is 18.1 Å². The highest BCUT2D eigenvalue weighted by Crippen LogP contribution is 2.29. The molecule has 0 amide bonds. The van der Waals surface area contributed by atoms with E-state index < -0.39 is 15.8 Å². The molecule has 0 heterocycles. The summed E-state index contributed by atoms with van der Waals surface area (Å²) in [6.07, 6.45) is 0.418. The molecule has 4 aromatic rings. The SMILES string of the molecule is COc1ccc(CCN(Cc2cccc(Oc3ccc(Cl)cc3)c2)S(=O)(=O)c2ccc(F)cc2)cc1OC. The zero-order valence-electron chi connectivity index (χ0n) is 20.9. The van der Waals surface area contributed by atoms with Gasteiger partial charge in [0.2, 0.25) is 10.0 Å². The van der Waals surface area contributed by atoms with Crippen LogP contribution >= 0.6 is 11.6 Å². The third kappa shape index (κ3) is 6.83. The number of methoxy groups -OCH3 is 2. The molecule has 38 heavy (non-hydrogen) atoms. The van der Waals surface area contributed by atoms with Crippen molar-refractivity contribution in [3.8, 4) is 23.0 Å². The summed E-state index contributed by atoms with van der Waals surface area (Å²) in [4.78, 5) is 0.0137. The van der Waals surface area contributed by atoms with E-state index in [0.29, 0.717) is 34.4 Å². The highest BCUT2D eigenvalue weighted by molar-refractivity contribution is 7.89. The lowest BCUT2D eigenvalue weighted by atomic mass is 10.1. The van der Waals surface area contributed by atoms with Crippen molar-refractivity contribution < 1.29 is 27.0 Å². The first kappa shape index (κ1) is 27.4. The van der Waals surface area contributed by atoms with E-state index in [4.69, 9.17) is 25.8 Å². The lowest BCUT2D eigenvalue weighted by molar-refractivity contribution is 0.354. The van der Waals surface area contributed by atoms with Crippen LogP contribution in [0.1, 0.15) is 11.1 Å². The third-order valence-corrected chi connectivity index (χ3v) is 7.97. The molecule has 0 aliphatic heterocycles. The normalized spacial score (nSPS) is 11.4. The van der Waals surface area contributed by atoms with Gasteiger partial charge in [0.15, 0.2) is 11.5 Å². The first-order valence-corrected chi connectivity index (χ1v) is 13.6. The molecule has 9 heteroatoms. The number of nitrogens with zero attached hydrogens (tertiary/aromatic N) is 1. The predicted octanol–water partition coefficient (Wildman–Crippen LogP) is 6.72. The van der Waals surface area contributed by atoms with Gasteiger partial charge >= 0.3 is 0 Å². The Labute approximate surface area is 227 Å². The molecule has 0 saturated carbocycles. The van der Waals surface area contributed by atoms with Crippen LogP contribution in [0.5, 0.6) is 23.0 Å². The van der Waals surface area contributed by atoms with Crippen molar-refractivity contribution in [2.45, 2.75) is 17.9 Å². The summed E-state index contributed by atoms with van der Waals surface area (Å²) in [6, 6.07) is 24.5. The highest BCUT2D eigenvalue weighted by atomic mass is 35.5. The largest absolute Gasteiger partial charge is 0.493 e. The van der Waals surface area contributed by atoms with Crippen LogP contribution in [0, 0.1) is 5.82 Å². The second-order valence-electron chi connectivity index (χ2n) is 8.44. The van der Waals surface area contributed by atoms with Crippen LogP contribution < -0.4 is 14.2 Å². The van der Waals surface area contributed by atoms with E-state index in [2.05, 4.69) is 0 Å². The van der Waals surface area contributed by atoms with Crippen molar-refractivity contribution in [2.75, 3.05) is 20.8 Å². The topological polar surface area (TPSA) is 65.1 Å². The van der Waals surface area contributed by atoms with Crippen molar-refractivity contribution in [3.63, 3.8) is 0 Å². The van der Waals surface area contributed by atoms with Gasteiger partial charge in [0.25, 0.3) is 0 Å². The molecule has 0 aliphatic carbocycles. The molecule has 4 rings (SSSR count). The molecule has 198 valence electrons. The Morgan fingerprint density at radius 1 is 0.789 bits per heavy atom. The van der Waals surface area contributed by atoms with Gasteiger partial charge in [0.05, 0.1) is 19.1 Å². The Balaban J connectivity index is 1.60. The average Bonchev–Trinajstić information content (AvgIpc) is 2.92. The summed E-state index contributed by atoms with van der Waals surface area (Å²) in [6.45, 7) is 0.266. The fourth-order valence-electron chi connectivity index (χ4n) is 3.88. The second-order valence-corrected chi connectivity index (χ2v) is 10.8. The average molecular weight is 556 g/mol. The molecule has 0 aromatic heterocycles. The predicted molar refractivity (Wildman–Crippen MR) is 145 cm³/mol. The lowest BCUT2D eigenvalue weighted by Crippen LogP contribution is -2.32. The summed E-state index contributed by atoms with van der Waals surface area (Å²) < 4.78 is 58.7. The van der Waals surface area contributed by atoms with Gasteiger partial charge in [-0.25, -0.2) is 12.8 Å². The van der Waals surface area contributed by atoms with Crippen molar-refractivity contribution in [3.05, 3.63) is 113 Å². The summed E-state index contributed by atoms with van der Waals surface area (Å²) >= 11 is 5.95. The molecule has 0 aliphatic rings. The number of ether oxygens (including phenoxy) is 3. The van der Waals surface area contributed by atoms with E-state index in [1.807, 2.05) is 18.2 Å². The van der Waals surface area contributed by atoms with E-state index in [-0.39, 0.29) is 18.0 Å². The molecular formula is C29H27ClFNO5S. The zero-order chi connectivity index (χ0) is 27.1. The van der Waals surface area contributed by atoms with Crippen LogP contribution in [0.3, 0.4) is 0 Å². The smallest absolute Gasteiger partial charge is 0.243 e. The first-order valence-electron chi connectivity index (χ1n) is 11.8. The van der Waals surface area contributed by atoms with Crippen LogP contribution in [0.25, 0.3) is 0 Å². The Bertz CT molecular complexity index is 1480. The van der Waals surface area contributed by atoms with Crippen molar-refractivity contribution in [1.29, 1.82) is 0 Å². The summed E-state index contributed by atoms with van der Waals surface area (Å²) in [7, 11) is -0.833. The van der Waals surface area contributed by atoms with E-state index in [9.17, 15) is 12.8 Å². The van der Waals surface area contributed by atoms with Gasteiger partial charge in [-0.15, -0.1) is 0 Å². The maximum absolute atomic E-state index is 13.6. The van der Waals surface area contributed by atoms with E-state index in [1.165, 1.54) is 16.4 Å². The first-order chi connectivity index (χ1) is 18.3. The number of benzene rings is 4. The second kappa shape index (κ2) is 12.3. The van der Waals surface area contributed by atoms with Gasteiger partial charge in [0.1, 0.15) is 17.3 Å². The maximum atomic E-state index is 13.6. The summed E-state index contributed by atoms with van der Waals surface area (Å²) in [5, 5.41) is 0.599. The molecule has 0 saturated heterocycles. The molecule has 0 bridgehead atoms. The van der Waals surface area contributed by atoms with Crippen molar-refractivity contribution in [1.82, 2.24) is 4.31 Å². The van der Waals surface area contributed by atoms with Crippen LogP contribution in [0.15, 0.2) is 95.9 Å². The quantitative estimate of drug-likeness (QED) is 0.205. The van der Waals surface area contributed by atoms with E-state index in [1.54, 1.807) is 62.8 Å². The molecule has 0 spiro atoms. The third-order valence-electron chi connectivity index (χ3n) is 5.86. The molecular weight excluding hydrogens is 529 g/mol. The zero-order valence-corrected chi connectivity index (χ0v) is 22.5. The monoisotopic (exact) mass is 555 g/mol. The Morgan fingerprint density at radius 3 is 2.18 bits per heavy atom. The Hall–Kier alpha value is -3.59. The number of rotatable bonds is 11. The fourth-order valence-corrected chi connectivity index (χ4v) is 5.43. The molecule has 0 radical (unpaired) electrons. The van der Waals surface area contributed by atoms with Gasteiger partial charge in [-0.1, -0.05) is 29.8 Å². The van der Waals surface area contributed by atoms with Crippen molar-refractivity contribution >= 4 is 21.6 Å². The van der Waals surface area contributed by atoms with Crippen LogP contribution in [-0.2, 0) is 23.0 Å². The van der Waals surface area contributed by atoms with Crippen molar-refractivity contribution in [2.24, 2.45) is 0 Å². The molecule has 0 unspecified atom stereocenters. The van der Waals surface area contributed by atoms with Gasteiger partial charge in [-0.2, -0.15) is 4.31 Å². The van der Waals surface area contributed by atoms with Gasteiger partial charge < -0.3 is 14.2 Å². The summed E-state index contributed by atoms with van der Waals surface area (Å²) in [5.74, 6) is 1.81. The number of hydrogen-bond acceptors (Lipinski definition) is 5. The Kier molecular flexibility index (Phi) is 8.89. The highest BCUT2D eigenvalue weighted by Gasteiger charge is 2.25. The van der Waals surface area contributed by atoms with Crippen LogP contribution in [0.4, 0.5) is 4.39 Å². The number of sulfonamides is 1. The molecule has 0 atom stereocenters. The molecule has 6 nitrogen and oxygen atoms in total. The maximum Gasteiger partial charge on any atom is 0.243 e. The number of halogens is 2. The molecule has 4 aromatic carbocycles. The van der Waals surface area contributed by atoms with Crippen LogP contribution in [0.2, 0.25) is 5.02 Å². The van der Waals surface area contributed by atoms with E-state index >= 15 is 0 Å².